The fourth-order valence-electron chi connectivity index (χ4n) is 3.94. The molecular weight excluding hydrogens is 454 g/mol. The molecule has 36 heavy (non-hydrogen) atoms. The van der Waals surface area contributed by atoms with E-state index in [2.05, 4.69) is 12.6 Å². The van der Waals surface area contributed by atoms with Crippen LogP contribution in [0.2, 0.25) is 0 Å². The van der Waals surface area contributed by atoms with Crippen LogP contribution >= 0.6 is 0 Å². The van der Waals surface area contributed by atoms with Crippen molar-refractivity contribution in [2.24, 2.45) is 0 Å². The molecule has 0 radical (unpaired) electrons. The number of nitriles is 1. The van der Waals surface area contributed by atoms with E-state index in [4.69, 9.17) is 19.5 Å². The molecular formula is C30H27NO5. The lowest BCUT2D eigenvalue weighted by atomic mass is 10.0. The van der Waals surface area contributed by atoms with Gasteiger partial charge in [0.2, 0.25) is 0 Å². The zero-order valence-corrected chi connectivity index (χ0v) is 19.9. The Kier molecular flexibility index (Phi) is 8.15. The third kappa shape index (κ3) is 6.61. The number of nitrogens with zero attached hydrogens (tertiary/aromatic N) is 1. The minimum atomic E-state index is -0.442. The highest BCUT2D eigenvalue weighted by Crippen LogP contribution is 2.24. The van der Waals surface area contributed by atoms with Gasteiger partial charge in [0.05, 0.1) is 23.8 Å². The fourth-order valence-corrected chi connectivity index (χ4v) is 3.94. The number of hydrogen-bond donors (Lipinski definition) is 0. The molecule has 0 N–H and O–H groups in total. The molecule has 1 unspecified atom stereocenters. The molecule has 4 rings (SSSR count). The first-order chi connectivity index (χ1) is 17.5. The van der Waals surface area contributed by atoms with Crippen molar-refractivity contribution in [1.82, 2.24) is 0 Å². The first-order valence-electron chi connectivity index (χ1n) is 12.0. The molecule has 0 saturated carbocycles. The van der Waals surface area contributed by atoms with Gasteiger partial charge in [-0.3, -0.25) is 0 Å². The maximum atomic E-state index is 12.5. The Hall–Kier alpha value is -4.37. The summed E-state index contributed by atoms with van der Waals surface area (Å²) in [5.74, 6) is 0.435. The quantitative estimate of drug-likeness (QED) is 0.147. The third-order valence-electron chi connectivity index (χ3n) is 5.98. The first-order valence-corrected chi connectivity index (χ1v) is 12.0. The second-order valence-corrected chi connectivity index (χ2v) is 8.66. The standard InChI is InChI=1S/C30H27NO5/c1-21-19-28(36-29(21)32)5-3-2-4-18-34-26-14-12-25(13-15-26)30(33)35-27-16-10-24(11-17-27)23-8-6-22(20-31)7-9-23/h6-17,28H,1-5,18-19H2. The normalized spacial score (nSPS) is 14.7. The van der Waals surface area contributed by atoms with Gasteiger partial charge in [-0.2, -0.15) is 5.26 Å². The van der Waals surface area contributed by atoms with E-state index in [1.165, 1.54) is 0 Å². The second-order valence-electron chi connectivity index (χ2n) is 8.66. The minimum absolute atomic E-state index is 0.0290. The van der Waals surface area contributed by atoms with Crippen LogP contribution in [0, 0.1) is 11.3 Å². The van der Waals surface area contributed by atoms with Crippen LogP contribution in [0.3, 0.4) is 0 Å². The summed E-state index contributed by atoms with van der Waals surface area (Å²) in [5.41, 5.74) is 3.55. The van der Waals surface area contributed by atoms with Crippen molar-refractivity contribution in [3.05, 3.63) is 96.1 Å². The van der Waals surface area contributed by atoms with Crippen LogP contribution in [0.25, 0.3) is 11.1 Å². The van der Waals surface area contributed by atoms with Gasteiger partial charge in [0.1, 0.15) is 17.6 Å². The Balaban J connectivity index is 1.18. The molecule has 0 aromatic heterocycles. The van der Waals surface area contributed by atoms with E-state index in [-0.39, 0.29) is 12.1 Å². The Bertz CT molecular complexity index is 1240. The average molecular weight is 482 g/mol. The molecule has 3 aromatic rings. The van der Waals surface area contributed by atoms with Crippen molar-refractivity contribution in [1.29, 1.82) is 5.26 Å². The summed E-state index contributed by atoms with van der Waals surface area (Å²) in [7, 11) is 0. The Morgan fingerprint density at radius 2 is 1.56 bits per heavy atom. The Labute approximate surface area is 210 Å². The van der Waals surface area contributed by atoms with Gasteiger partial charge in [0.25, 0.3) is 0 Å². The topological polar surface area (TPSA) is 85.6 Å². The number of rotatable bonds is 10. The minimum Gasteiger partial charge on any atom is -0.494 e. The Morgan fingerprint density at radius 3 is 2.17 bits per heavy atom. The van der Waals surface area contributed by atoms with Gasteiger partial charge >= 0.3 is 11.9 Å². The molecule has 182 valence electrons. The lowest BCUT2D eigenvalue weighted by molar-refractivity contribution is -0.139. The maximum absolute atomic E-state index is 12.5. The highest BCUT2D eigenvalue weighted by atomic mass is 16.6. The average Bonchev–Trinajstić information content (AvgIpc) is 3.23. The van der Waals surface area contributed by atoms with Gasteiger partial charge in [0.15, 0.2) is 0 Å². The van der Waals surface area contributed by atoms with Crippen molar-refractivity contribution in [3.8, 4) is 28.7 Å². The second kappa shape index (κ2) is 11.9. The van der Waals surface area contributed by atoms with Crippen LogP contribution in [0.5, 0.6) is 11.5 Å². The van der Waals surface area contributed by atoms with Crippen molar-refractivity contribution < 1.29 is 23.8 Å². The Morgan fingerprint density at radius 1 is 0.917 bits per heavy atom. The molecule has 1 fully saturated rings. The molecule has 0 bridgehead atoms. The van der Waals surface area contributed by atoms with E-state index in [1.807, 2.05) is 24.3 Å². The van der Waals surface area contributed by atoms with E-state index in [1.54, 1.807) is 48.5 Å². The van der Waals surface area contributed by atoms with Gasteiger partial charge < -0.3 is 14.2 Å². The third-order valence-corrected chi connectivity index (χ3v) is 5.98. The number of carbonyl (C=O) groups excluding carboxylic acids is 2. The van der Waals surface area contributed by atoms with E-state index in [9.17, 15) is 9.59 Å². The van der Waals surface area contributed by atoms with Crippen molar-refractivity contribution in [2.75, 3.05) is 6.61 Å². The molecule has 0 spiro atoms. The lowest BCUT2D eigenvalue weighted by Gasteiger charge is -2.09. The first kappa shape index (κ1) is 24.7. The largest absolute Gasteiger partial charge is 0.494 e. The van der Waals surface area contributed by atoms with Crippen LogP contribution in [0.4, 0.5) is 0 Å². The summed E-state index contributed by atoms with van der Waals surface area (Å²) in [6.45, 7) is 4.28. The van der Waals surface area contributed by atoms with Crippen molar-refractivity contribution in [2.45, 2.75) is 38.2 Å². The number of benzene rings is 3. The highest BCUT2D eigenvalue weighted by Gasteiger charge is 2.26. The molecule has 0 aliphatic carbocycles. The van der Waals surface area contributed by atoms with Crippen LogP contribution in [-0.4, -0.2) is 24.6 Å². The van der Waals surface area contributed by atoms with Crippen LogP contribution < -0.4 is 9.47 Å². The van der Waals surface area contributed by atoms with Crippen molar-refractivity contribution in [3.63, 3.8) is 0 Å². The molecule has 1 saturated heterocycles. The van der Waals surface area contributed by atoms with Gasteiger partial charge in [-0.25, -0.2) is 9.59 Å². The van der Waals surface area contributed by atoms with Gasteiger partial charge in [-0.15, -0.1) is 0 Å². The molecule has 1 atom stereocenters. The smallest absolute Gasteiger partial charge is 0.343 e. The van der Waals surface area contributed by atoms with E-state index >= 15 is 0 Å². The molecule has 1 heterocycles. The molecule has 6 heteroatoms. The van der Waals surface area contributed by atoms with Gasteiger partial charge in [-0.1, -0.05) is 30.8 Å². The van der Waals surface area contributed by atoms with Gasteiger partial charge in [0, 0.05) is 12.0 Å². The lowest BCUT2D eigenvalue weighted by Crippen LogP contribution is -2.08. The molecule has 0 amide bonds. The molecule has 6 nitrogen and oxygen atoms in total. The van der Waals surface area contributed by atoms with E-state index < -0.39 is 5.97 Å². The number of unbranched alkanes of at least 4 members (excludes halogenated alkanes) is 2. The zero-order chi connectivity index (χ0) is 25.3. The van der Waals surface area contributed by atoms with Crippen LogP contribution in [0.1, 0.15) is 48.0 Å². The molecule has 1 aliphatic heterocycles. The fraction of sp³-hybridized carbons (Fsp3) is 0.233. The zero-order valence-electron chi connectivity index (χ0n) is 19.9. The number of carbonyl (C=O) groups is 2. The number of cyclic esters (lactones) is 1. The summed E-state index contributed by atoms with van der Waals surface area (Å²) in [5, 5.41) is 8.92. The van der Waals surface area contributed by atoms with E-state index in [0.29, 0.717) is 41.2 Å². The predicted molar refractivity (Wildman–Crippen MR) is 136 cm³/mol. The summed E-state index contributed by atoms with van der Waals surface area (Å²) in [4.78, 5) is 23.8. The summed E-state index contributed by atoms with van der Waals surface area (Å²) >= 11 is 0. The van der Waals surface area contributed by atoms with Gasteiger partial charge in [-0.05, 0) is 85.3 Å². The molecule has 1 aliphatic rings. The summed E-state index contributed by atoms with van der Waals surface area (Å²) in [6.07, 6.45) is 4.29. The monoisotopic (exact) mass is 481 g/mol. The van der Waals surface area contributed by atoms with E-state index in [0.717, 1.165) is 36.8 Å². The number of esters is 2. The maximum Gasteiger partial charge on any atom is 0.343 e. The summed E-state index contributed by atoms with van der Waals surface area (Å²) in [6, 6.07) is 23.5. The highest BCUT2D eigenvalue weighted by molar-refractivity contribution is 5.91. The SMILES string of the molecule is C=C1CC(CCCCCOc2ccc(C(=O)Oc3ccc(-c4ccc(C#N)cc4)cc3)cc2)OC1=O. The van der Waals surface area contributed by atoms with Crippen LogP contribution in [-0.2, 0) is 9.53 Å². The predicted octanol–water partition coefficient (Wildman–Crippen LogP) is 6.26. The number of ether oxygens (including phenoxy) is 3. The summed E-state index contributed by atoms with van der Waals surface area (Å²) < 4.78 is 16.5. The van der Waals surface area contributed by atoms with Crippen molar-refractivity contribution >= 4 is 11.9 Å². The molecule has 3 aromatic carbocycles. The number of hydrogen-bond acceptors (Lipinski definition) is 6. The van der Waals surface area contributed by atoms with Crippen LogP contribution in [0.15, 0.2) is 84.9 Å².